The summed E-state index contributed by atoms with van der Waals surface area (Å²) in [6.45, 7) is 1.01. The van der Waals surface area contributed by atoms with Crippen LogP contribution >= 0.6 is 0 Å². The van der Waals surface area contributed by atoms with Crippen molar-refractivity contribution in [3.63, 3.8) is 0 Å². The molecule has 1 aliphatic rings. The van der Waals surface area contributed by atoms with Gasteiger partial charge in [-0.2, -0.15) is 8.42 Å². The topological polar surface area (TPSA) is 101 Å². The average molecular weight is 619 g/mol. The van der Waals surface area contributed by atoms with E-state index in [-0.39, 0.29) is 32.8 Å². The van der Waals surface area contributed by atoms with Gasteiger partial charge in [0.25, 0.3) is 10.1 Å². The molecule has 1 saturated heterocycles. The summed E-state index contributed by atoms with van der Waals surface area (Å²) in [5.41, 5.74) is 3.80. The Balaban J connectivity index is 1.47. The molecule has 0 radical (unpaired) electrons. The van der Waals surface area contributed by atoms with Gasteiger partial charge in [-0.1, -0.05) is 121 Å². The van der Waals surface area contributed by atoms with Crippen molar-refractivity contribution in [2.45, 2.75) is 63.6 Å². The Morgan fingerprint density at radius 3 is 1.30 bits per heavy atom. The van der Waals surface area contributed by atoms with Gasteiger partial charge in [0.05, 0.1) is 38.3 Å². The molecular weight excluding hydrogens is 580 g/mol. The Kier molecular flexibility index (Phi) is 11.7. The molecule has 1 fully saturated rings. The lowest BCUT2D eigenvalue weighted by Gasteiger charge is -2.46. The van der Waals surface area contributed by atoms with Gasteiger partial charge in [0, 0.05) is 0 Å². The van der Waals surface area contributed by atoms with Crippen molar-refractivity contribution in [3.05, 3.63) is 144 Å². The van der Waals surface area contributed by atoms with Gasteiger partial charge in [0.15, 0.2) is 6.29 Å². The van der Waals surface area contributed by atoms with Gasteiger partial charge >= 0.3 is 0 Å². The highest BCUT2D eigenvalue weighted by molar-refractivity contribution is 7.85. The fourth-order valence-electron chi connectivity index (χ4n) is 5.13. The van der Waals surface area contributed by atoms with Crippen molar-refractivity contribution < 1.29 is 36.7 Å². The van der Waals surface area contributed by atoms with Crippen molar-refractivity contribution in [1.29, 1.82) is 0 Å². The molecule has 1 aliphatic heterocycles. The first kappa shape index (κ1) is 32.0. The minimum atomic E-state index is -4.27. The SMILES string of the molecule is O=S(=O)(O)CC[C@H]1O[C@@H](OCc2ccccc2)[C@H](OCc2ccccc2)[C@@H](OCc2ccccc2)[C@@H]1OCc1ccccc1. The van der Waals surface area contributed by atoms with E-state index in [0.717, 1.165) is 22.3 Å². The molecule has 44 heavy (non-hydrogen) atoms. The smallest absolute Gasteiger partial charge is 0.264 e. The van der Waals surface area contributed by atoms with Gasteiger partial charge in [0.1, 0.15) is 18.3 Å². The monoisotopic (exact) mass is 618 g/mol. The van der Waals surface area contributed by atoms with Gasteiger partial charge in [-0.25, -0.2) is 0 Å². The quantitative estimate of drug-likeness (QED) is 0.163. The van der Waals surface area contributed by atoms with Gasteiger partial charge in [-0.3, -0.25) is 4.55 Å². The highest BCUT2D eigenvalue weighted by Crippen LogP contribution is 2.33. The Bertz CT molecular complexity index is 1490. The second kappa shape index (κ2) is 16.1. The van der Waals surface area contributed by atoms with E-state index >= 15 is 0 Å². The summed E-state index contributed by atoms with van der Waals surface area (Å²) in [5, 5.41) is 0. The molecule has 0 aliphatic carbocycles. The first-order valence-electron chi connectivity index (χ1n) is 14.7. The molecule has 8 nitrogen and oxygen atoms in total. The maximum absolute atomic E-state index is 11.8. The Morgan fingerprint density at radius 2 is 0.886 bits per heavy atom. The minimum absolute atomic E-state index is 0.0277. The molecule has 0 aromatic heterocycles. The second-order valence-corrected chi connectivity index (χ2v) is 12.3. The Morgan fingerprint density at radius 1 is 0.523 bits per heavy atom. The summed E-state index contributed by atoms with van der Waals surface area (Å²) in [4.78, 5) is 0. The predicted octanol–water partition coefficient (Wildman–Crippen LogP) is 5.96. The molecule has 232 valence electrons. The van der Waals surface area contributed by atoms with Crippen molar-refractivity contribution in [2.24, 2.45) is 0 Å². The number of benzene rings is 4. The Hall–Kier alpha value is -3.41. The minimum Gasteiger partial charge on any atom is -0.368 e. The van der Waals surface area contributed by atoms with E-state index in [4.69, 9.17) is 23.7 Å². The summed E-state index contributed by atoms with van der Waals surface area (Å²) in [6, 6.07) is 38.9. The van der Waals surface area contributed by atoms with E-state index in [1.54, 1.807) is 0 Å². The van der Waals surface area contributed by atoms with Crippen LogP contribution in [0.2, 0.25) is 0 Å². The predicted molar refractivity (Wildman–Crippen MR) is 166 cm³/mol. The summed E-state index contributed by atoms with van der Waals surface area (Å²) in [6.07, 6.45) is -3.89. The molecule has 0 amide bonds. The fourth-order valence-corrected chi connectivity index (χ4v) is 5.66. The molecule has 0 bridgehead atoms. The van der Waals surface area contributed by atoms with Gasteiger partial charge in [-0.15, -0.1) is 0 Å². The van der Waals surface area contributed by atoms with Crippen LogP contribution in [0.5, 0.6) is 0 Å². The summed E-state index contributed by atoms with van der Waals surface area (Å²) in [5.74, 6) is -0.505. The normalized spacial score (nSPS) is 22.1. The molecule has 1 N–H and O–H groups in total. The van der Waals surface area contributed by atoms with Crippen LogP contribution in [-0.4, -0.2) is 49.4 Å². The number of ether oxygens (including phenoxy) is 5. The first-order chi connectivity index (χ1) is 21.4. The average Bonchev–Trinajstić information content (AvgIpc) is 3.05. The highest BCUT2D eigenvalue weighted by atomic mass is 32.2. The molecule has 0 spiro atoms. The highest BCUT2D eigenvalue weighted by Gasteiger charge is 2.49. The molecule has 5 atom stereocenters. The zero-order valence-electron chi connectivity index (χ0n) is 24.4. The van der Waals surface area contributed by atoms with Crippen LogP contribution in [0.3, 0.4) is 0 Å². The molecule has 5 rings (SSSR count). The molecule has 0 saturated carbocycles. The maximum atomic E-state index is 11.8. The zero-order valence-corrected chi connectivity index (χ0v) is 25.2. The number of hydrogen-bond donors (Lipinski definition) is 1. The molecule has 1 heterocycles. The van der Waals surface area contributed by atoms with Crippen LogP contribution in [0.25, 0.3) is 0 Å². The van der Waals surface area contributed by atoms with E-state index < -0.39 is 46.6 Å². The van der Waals surface area contributed by atoms with Crippen molar-refractivity contribution in [2.75, 3.05) is 5.75 Å². The molecular formula is C35H38O8S. The third-order valence-corrected chi connectivity index (χ3v) is 8.12. The van der Waals surface area contributed by atoms with Crippen molar-refractivity contribution in [1.82, 2.24) is 0 Å². The lowest BCUT2D eigenvalue weighted by Crippen LogP contribution is -2.61. The van der Waals surface area contributed by atoms with Crippen LogP contribution in [0.15, 0.2) is 121 Å². The van der Waals surface area contributed by atoms with Crippen molar-refractivity contribution in [3.8, 4) is 0 Å². The largest absolute Gasteiger partial charge is 0.368 e. The van der Waals surface area contributed by atoms with E-state index in [9.17, 15) is 13.0 Å². The maximum Gasteiger partial charge on any atom is 0.264 e. The van der Waals surface area contributed by atoms with E-state index in [2.05, 4.69) is 0 Å². The fraction of sp³-hybridized carbons (Fsp3) is 0.314. The third-order valence-electron chi connectivity index (χ3n) is 7.36. The Labute approximate surface area is 259 Å². The summed E-state index contributed by atoms with van der Waals surface area (Å²) >= 11 is 0. The van der Waals surface area contributed by atoms with Crippen molar-refractivity contribution >= 4 is 10.1 Å². The molecule has 0 unspecified atom stereocenters. The van der Waals surface area contributed by atoms with E-state index in [1.807, 2.05) is 121 Å². The second-order valence-electron chi connectivity index (χ2n) is 10.7. The molecule has 9 heteroatoms. The van der Waals surface area contributed by atoms with Crippen LogP contribution in [0.4, 0.5) is 0 Å². The van der Waals surface area contributed by atoms with Gasteiger partial charge in [0.2, 0.25) is 0 Å². The third kappa shape index (κ3) is 9.80. The van der Waals surface area contributed by atoms with E-state index in [1.165, 1.54) is 0 Å². The zero-order chi connectivity index (χ0) is 30.6. The standard InChI is InChI=1S/C35H38O8S/c36-44(37,38)22-21-31-32(39-23-27-13-5-1-6-14-27)33(40-24-28-15-7-2-8-16-28)34(41-25-29-17-9-3-10-18-29)35(43-31)42-26-30-19-11-4-12-20-30/h1-20,31-35H,21-26H2,(H,36,37,38)/t31-,32-,33+,34-,35-/m1/s1. The summed E-state index contributed by atoms with van der Waals surface area (Å²) < 4.78 is 65.7. The summed E-state index contributed by atoms with van der Waals surface area (Å²) in [7, 11) is -4.27. The van der Waals surface area contributed by atoms with Crippen LogP contribution in [0.1, 0.15) is 28.7 Å². The van der Waals surface area contributed by atoms with Crippen LogP contribution < -0.4 is 0 Å². The van der Waals surface area contributed by atoms with E-state index in [0.29, 0.717) is 0 Å². The van der Waals surface area contributed by atoms with Gasteiger partial charge < -0.3 is 23.7 Å². The lowest BCUT2D eigenvalue weighted by atomic mass is 9.96. The molecule has 4 aromatic carbocycles. The van der Waals surface area contributed by atoms with Crippen LogP contribution in [0, 0.1) is 0 Å². The van der Waals surface area contributed by atoms with Gasteiger partial charge in [-0.05, 0) is 28.7 Å². The first-order valence-corrected chi connectivity index (χ1v) is 16.3. The van der Waals surface area contributed by atoms with Crippen LogP contribution in [-0.2, 0) is 60.2 Å². The number of rotatable bonds is 15. The lowest BCUT2D eigenvalue weighted by molar-refractivity contribution is -0.325. The number of hydrogen-bond acceptors (Lipinski definition) is 7. The molecule has 4 aromatic rings.